The highest BCUT2D eigenvalue weighted by molar-refractivity contribution is 6.03. The first kappa shape index (κ1) is 18.2. The van der Waals surface area contributed by atoms with Crippen molar-refractivity contribution in [1.29, 1.82) is 0 Å². The van der Waals surface area contributed by atoms with Gasteiger partial charge < -0.3 is 11.1 Å². The number of nitrogens with zero attached hydrogens (tertiary/aromatic N) is 5. The Morgan fingerprint density at radius 2 is 1.93 bits per heavy atom. The molecule has 0 saturated carbocycles. The summed E-state index contributed by atoms with van der Waals surface area (Å²) in [5.74, 6) is 1.33. The van der Waals surface area contributed by atoms with Crippen molar-refractivity contribution in [2.75, 3.05) is 17.6 Å². The fraction of sp³-hybridized carbons (Fsp3) is 0.190. The Hall–Kier alpha value is -3.85. The molecule has 0 unspecified atom stereocenters. The topological polar surface area (TPSA) is 123 Å². The highest BCUT2D eigenvalue weighted by Gasteiger charge is 2.24. The zero-order chi connectivity index (χ0) is 20.5. The van der Waals surface area contributed by atoms with Gasteiger partial charge in [0, 0.05) is 35.9 Å². The van der Waals surface area contributed by atoms with Crippen molar-refractivity contribution in [3.63, 3.8) is 0 Å². The minimum absolute atomic E-state index is 0.184. The van der Waals surface area contributed by atoms with Gasteiger partial charge in [-0.15, -0.1) is 0 Å². The van der Waals surface area contributed by atoms with Gasteiger partial charge in [0.2, 0.25) is 5.95 Å². The minimum atomic E-state index is -0.278. The molecule has 3 aromatic heterocycles. The van der Waals surface area contributed by atoms with Gasteiger partial charge in [-0.25, -0.2) is 19.9 Å². The van der Waals surface area contributed by atoms with Crippen LogP contribution in [0.4, 0.5) is 11.8 Å². The van der Waals surface area contributed by atoms with Crippen LogP contribution in [0.25, 0.3) is 16.8 Å². The van der Waals surface area contributed by atoms with Crippen molar-refractivity contribution in [1.82, 2.24) is 29.7 Å². The van der Waals surface area contributed by atoms with Gasteiger partial charge in [-0.2, -0.15) is 0 Å². The molecule has 4 heterocycles. The number of rotatable bonds is 4. The van der Waals surface area contributed by atoms with Crippen LogP contribution in [0.2, 0.25) is 0 Å². The Morgan fingerprint density at radius 1 is 1.13 bits per heavy atom. The van der Waals surface area contributed by atoms with Gasteiger partial charge in [-0.3, -0.25) is 14.5 Å². The molecule has 4 aromatic rings. The monoisotopic (exact) mass is 400 g/mol. The Bertz CT molecular complexity index is 1200. The quantitative estimate of drug-likeness (QED) is 0.481. The van der Waals surface area contributed by atoms with Gasteiger partial charge in [-0.05, 0) is 37.6 Å². The lowest BCUT2D eigenvalue weighted by molar-refractivity contribution is 0.102. The second-order valence-corrected chi connectivity index (χ2v) is 7.10. The number of fused-ring (bicyclic) bond motifs is 1. The van der Waals surface area contributed by atoms with Crippen molar-refractivity contribution in [2.24, 2.45) is 0 Å². The van der Waals surface area contributed by atoms with Crippen LogP contribution in [0.1, 0.15) is 35.1 Å². The standard InChI is InChI=1S/C21H20N8O/c22-18-17-16(27-19(15-3-1-8-23-15)29(17)12-11-24-18)13-4-6-14(7-5-13)20(30)28-21-25-9-2-10-26-21/h2,4-7,9-12,15,23H,1,3,8H2,(H2,22,24)(H,25,26,28,30)/t15-/m0/s1. The first-order valence-electron chi connectivity index (χ1n) is 9.75. The Kier molecular flexibility index (Phi) is 4.56. The van der Waals surface area contributed by atoms with E-state index < -0.39 is 0 Å². The van der Waals surface area contributed by atoms with Crippen molar-refractivity contribution in [2.45, 2.75) is 18.9 Å². The summed E-state index contributed by atoms with van der Waals surface area (Å²) < 4.78 is 2.01. The number of nitrogens with two attached hydrogens (primary N) is 1. The first-order valence-corrected chi connectivity index (χ1v) is 9.75. The number of hydrogen-bond donors (Lipinski definition) is 3. The van der Waals surface area contributed by atoms with Crippen LogP contribution in [-0.4, -0.2) is 36.8 Å². The van der Waals surface area contributed by atoms with Gasteiger partial charge in [0.05, 0.1) is 6.04 Å². The zero-order valence-corrected chi connectivity index (χ0v) is 16.1. The maximum Gasteiger partial charge on any atom is 0.258 e. The van der Waals surface area contributed by atoms with E-state index in [1.807, 2.05) is 22.7 Å². The molecular formula is C21H20N8O. The maximum atomic E-state index is 12.5. The van der Waals surface area contributed by atoms with Gasteiger partial charge >= 0.3 is 0 Å². The molecule has 150 valence electrons. The molecule has 0 aliphatic carbocycles. The van der Waals surface area contributed by atoms with Gasteiger partial charge in [0.15, 0.2) is 0 Å². The van der Waals surface area contributed by atoms with E-state index in [9.17, 15) is 4.79 Å². The number of hydrogen-bond acceptors (Lipinski definition) is 7. The van der Waals surface area contributed by atoms with E-state index in [2.05, 4.69) is 25.6 Å². The number of nitrogen functional groups attached to an aromatic ring is 1. The van der Waals surface area contributed by atoms with Crippen LogP contribution in [0, 0.1) is 0 Å². The van der Waals surface area contributed by atoms with Crippen LogP contribution >= 0.6 is 0 Å². The van der Waals surface area contributed by atoms with Crippen molar-refractivity contribution in [3.8, 4) is 11.3 Å². The minimum Gasteiger partial charge on any atom is -0.382 e. The van der Waals surface area contributed by atoms with Crippen LogP contribution in [-0.2, 0) is 0 Å². The normalized spacial score (nSPS) is 16.1. The highest BCUT2D eigenvalue weighted by Crippen LogP contribution is 2.32. The molecule has 9 nitrogen and oxygen atoms in total. The van der Waals surface area contributed by atoms with Crippen molar-refractivity contribution in [3.05, 3.63) is 66.5 Å². The van der Waals surface area contributed by atoms with E-state index in [4.69, 9.17) is 10.7 Å². The fourth-order valence-electron chi connectivity index (χ4n) is 3.76. The third kappa shape index (κ3) is 3.25. The van der Waals surface area contributed by atoms with E-state index in [1.165, 1.54) is 0 Å². The lowest BCUT2D eigenvalue weighted by Crippen LogP contribution is -2.16. The Labute approximate surface area is 172 Å². The molecule has 1 aliphatic heterocycles. The lowest BCUT2D eigenvalue weighted by Gasteiger charge is -2.08. The van der Waals surface area contributed by atoms with Gasteiger partial charge in [0.25, 0.3) is 5.91 Å². The number of aromatic nitrogens is 5. The first-order chi connectivity index (χ1) is 14.7. The molecule has 0 radical (unpaired) electrons. The highest BCUT2D eigenvalue weighted by atomic mass is 16.1. The Morgan fingerprint density at radius 3 is 2.67 bits per heavy atom. The zero-order valence-electron chi connectivity index (χ0n) is 16.1. The molecule has 1 atom stereocenters. The van der Waals surface area contributed by atoms with Crippen molar-refractivity contribution < 1.29 is 4.79 Å². The summed E-state index contributed by atoms with van der Waals surface area (Å²) in [7, 11) is 0. The number of carbonyl (C=O) groups excluding carboxylic acids is 1. The van der Waals surface area contributed by atoms with Crippen molar-refractivity contribution >= 4 is 23.2 Å². The number of carbonyl (C=O) groups is 1. The summed E-state index contributed by atoms with van der Waals surface area (Å²) in [6.45, 7) is 0.977. The van der Waals surface area contributed by atoms with E-state index >= 15 is 0 Å². The van der Waals surface area contributed by atoms with Crippen LogP contribution in [0.5, 0.6) is 0 Å². The largest absolute Gasteiger partial charge is 0.382 e. The summed E-state index contributed by atoms with van der Waals surface area (Å²) >= 11 is 0. The average molecular weight is 400 g/mol. The summed E-state index contributed by atoms with van der Waals surface area (Å²) in [6.07, 6.45) is 8.87. The molecular weight excluding hydrogens is 380 g/mol. The predicted octanol–water partition coefficient (Wildman–Crippen LogP) is 2.45. The molecule has 1 fully saturated rings. The van der Waals surface area contributed by atoms with Gasteiger partial charge in [-0.1, -0.05) is 12.1 Å². The third-order valence-corrected chi connectivity index (χ3v) is 5.19. The van der Waals surface area contributed by atoms with Crippen LogP contribution in [0.15, 0.2) is 55.1 Å². The van der Waals surface area contributed by atoms with Gasteiger partial charge in [0.1, 0.15) is 22.9 Å². The fourth-order valence-corrected chi connectivity index (χ4v) is 3.76. The summed E-state index contributed by atoms with van der Waals surface area (Å²) in [5.41, 5.74) is 9.09. The second-order valence-electron chi connectivity index (χ2n) is 7.10. The van der Waals surface area contributed by atoms with E-state index in [0.29, 0.717) is 11.4 Å². The molecule has 0 bridgehead atoms. The molecule has 1 aromatic carbocycles. The summed E-state index contributed by atoms with van der Waals surface area (Å²) in [6, 6.07) is 9.10. The molecule has 1 amide bonds. The SMILES string of the molecule is Nc1nccn2c([C@@H]3CCCN3)nc(-c3ccc(C(=O)Nc4ncccn4)cc3)c12. The second kappa shape index (κ2) is 7.53. The van der Waals surface area contributed by atoms with E-state index in [1.54, 1.807) is 36.8 Å². The molecule has 1 aliphatic rings. The molecule has 30 heavy (non-hydrogen) atoms. The molecule has 9 heteroatoms. The molecule has 0 spiro atoms. The van der Waals surface area contributed by atoms with E-state index in [0.717, 1.165) is 42.0 Å². The summed E-state index contributed by atoms with van der Waals surface area (Å²) in [4.78, 5) is 29.6. The van der Waals surface area contributed by atoms with Crippen LogP contribution < -0.4 is 16.4 Å². The molecule has 5 rings (SSSR count). The lowest BCUT2D eigenvalue weighted by atomic mass is 10.1. The summed E-state index contributed by atoms with van der Waals surface area (Å²) in [5, 5.41) is 6.17. The number of benzene rings is 1. The third-order valence-electron chi connectivity index (χ3n) is 5.19. The number of imidazole rings is 1. The number of anilines is 2. The maximum absolute atomic E-state index is 12.5. The predicted molar refractivity (Wildman–Crippen MR) is 113 cm³/mol. The Balaban J connectivity index is 1.49. The van der Waals surface area contributed by atoms with Crippen LogP contribution in [0.3, 0.4) is 0 Å². The molecule has 4 N–H and O–H groups in total. The number of nitrogens with one attached hydrogen (secondary N) is 2. The number of amides is 1. The molecule has 1 saturated heterocycles. The average Bonchev–Trinajstić information content (AvgIpc) is 3.43. The van der Waals surface area contributed by atoms with E-state index in [-0.39, 0.29) is 17.9 Å². The smallest absolute Gasteiger partial charge is 0.258 e.